The number of morpholine rings is 1. The van der Waals surface area contributed by atoms with Gasteiger partial charge in [0.25, 0.3) is 0 Å². The fraction of sp³-hybridized carbons (Fsp3) is 1.00. The monoisotopic (exact) mass is 324 g/mol. The third-order valence-corrected chi connectivity index (χ3v) is 6.16. The van der Waals surface area contributed by atoms with E-state index in [-0.39, 0.29) is 0 Å². The van der Waals surface area contributed by atoms with Crippen molar-refractivity contribution in [2.75, 3.05) is 60.0 Å². The second-order valence-electron chi connectivity index (χ2n) is 7.83. The summed E-state index contributed by atoms with van der Waals surface area (Å²) in [6.45, 7) is 7.67. The number of piperidine rings is 1. The van der Waals surface area contributed by atoms with Crippen molar-refractivity contribution in [1.82, 2.24) is 20.4 Å². The molecule has 0 aromatic rings. The highest BCUT2D eigenvalue weighted by Crippen LogP contribution is 2.29. The summed E-state index contributed by atoms with van der Waals surface area (Å²) in [5.41, 5.74) is 0. The maximum absolute atomic E-state index is 5.67. The zero-order valence-corrected chi connectivity index (χ0v) is 15.1. The van der Waals surface area contributed by atoms with Crippen LogP contribution in [0.15, 0.2) is 0 Å². The van der Waals surface area contributed by atoms with E-state index in [9.17, 15) is 0 Å². The second-order valence-corrected chi connectivity index (χ2v) is 7.83. The standard InChI is InChI=1S/C18H36N4O/c1-21(2)15-6-10-22(11-7-15)12-8-19-17-5-3-4-16(17)18-14-23-13-9-20-18/h15-20H,3-14H2,1-2H3. The van der Waals surface area contributed by atoms with E-state index in [2.05, 4.69) is 34.5 Å². The van der Waals surface area contributed by atoms with Crippen LogP contribution in [0.5, 0.6) is 0 Å². The summed E-state index contributed by atoms with van der Waals surface area (Å²) in [5, 5.41) is 7.53. The molecule has 0 amide bonds. The molecule has 3 atom stereocenters. The first-order valence-corrected chi connectivity index (χ1v) is 9.67. The van der Waals surface area contributed by atoms with Gasteiger partial charge >= 0.3 is 0 Å². The van der Waals surface area contributed by atoms with Gasteiger partial charge in [0, 0.05) is 37.8 Å². The Morgan fingerprint density at radius 2 is 2.00 bits per heavy atom. The predicted octanol–water partition coefficient (Wildman–Crippen LogP) is 0.759. The molecule has 2 heterocycles. The van der Waals surface area contributed by atoms with Crippen molar-refractivity contribution in [3.63, 3.8) is 0 Å². The number of rotatable bonds is 6. The van der Waals surface area contributed by atoms with Crippen molar-refractivity contribution in [2.45, 2.75) is 50.2 Å². The van der Waals surface area contributed by atoms with Crippen molar-refractivity contribution in [3.05, 3.63) is 0 Å². The molecular formula is C18H36N4O. The fourth-order valence-electron chi connectivity index (χ4n) is 4.65. The Balaban J connectivity index is 1.35. The van der Waals surface area contributed by atoms with Gasteiger partial charge in [-0.25, -0.2) is 0 Å². The van der Waals surface area contributed by atoms with Crippen LogP contribution in [-0.2, 0) is 4.74 Å². The van der Waals surface area contributed by atoms with Gasteiger partial charge < -0.3 is 25.2 Å². The number of nitrogens with one attached hydrogen (secondary N) is 2. The van der Waals surface area contributed by atoms with Crippen molar-refractivity contribution in [1.29, 1.82) is 0 Å². The Morgan fingerprint density at radius 1 is 1.17 bits per heavy atom. The third kappa shape index (κ3) is 4.89. The number of hydrogen-bond acceptors (Lipinski definition) is 5. The Labute approximate surface area is 142 Å². The van der Waals surface area contributed by atoms with E-state index < -0.39 is 0 Å². The van der Waals surface area contributed by atoms with Gasteiger partial charge in [0.1, 0.15) is 0 Å². The van der Waals surface area contributed by atoms with Crippen LogP contribution in [0.4, 0.5) is 0 Å². The van der Waals surface area contributed by atoms with E-state index in [1.54, 1.807) is 0 Å². The number of ether oxygens (including phenoxy) is 1. The molecule has 0 bridgehead atoms. The highest BCUT2D eigenvalue weighted by atomic mass is 16.5. The van der Waals surface area contributed by atoms with E-state index in [4.69, 9.17) is 4.74 Å². The predicted molar refractivity (Wildman–Crippen MR) is 94.9 cm³/mol. The van der Waals surface area contributed by atoms with Gasteiger partial charge in [-0.2, -0.15) is 0 Å². The first-order chi connectivity index (χ1) is 11.2. The SMILES string of the molecule is CN(C)C1CCN(CCNC2CCCC2C2COCCN2)CC1. The molecule has 0 spiro atoms. The number of nitrogens with zero attached hydrogens (tertiary/aromatic N) is 2. The molecule has 1 saturated carbocycles. The van der Waals surface area contributed by atoms with Crippen molar-refractivity contribution >= 4 is 0 Å². The van der Waals surface area contributed by atoms with E-state index in [0.29, 0.717) is 12.1 Å². The average Bonchev–Trinajstić information content (AvgIpc) is 3.05. The zero-order chi connectivity index (χ0) is 16.1. The summed E-state index contributed by atoms with van der Waals surface area (Å²) < 4.78 is 5.67. The third-order valence-electron chi connectivity index (χ3n) is 6.16. The molecule has 2 saturated heterocycles. The van der Waals surface area contributed by atoms with Crippen molar-refractivity contribution in [3.8, 4) is 0 Å². The van der Waals surface area contributed by atoms with Gasteiger partial charge in [0.2, 0.25) is 0 Å². The van der Waals surface area contributed by atoms with Crippen LogP contribution < -0.4 is 10.6 Å². The lowest BCUT2D eigenvalue weighted by atomic mass is 9.94. The van der Waals surface area contributed by atoms with Gasteiger partial charge in [-0.05, 0) is 58.8 Å². The molecule has 2 aliphatic heterocycles. The summed E-state index contributed by atoms with van der Waals surface area (Å²) in [6.07, 6.45) is 6.71. The molecule has 3 unspecified atom stereocenters. The minimum atomic E-state index is 0.569. The smallest absolute Gasteiger partial charge is 0.0623 e. The van der Waals surface area contributed by atoms with Crippen molar-refractivity contribution < 1.29 is 4.74 Å². The highest BCUT2D eigenvalue weighted by molar-refractivity contribution is 4.92. The summed E-state index contributed by atoms with van der Waals surface area (Å²) in [5.74, 6) is 0.759. The summed E-state index contributed by atoms with van der Waals surface area (Å²) in [4.78, 5) is 5.02. The van der Waals surface area contributed by atoms with Gasteiger partial charge in [-0.3, -0.25) is 0 Å². The normalized spacial score (nSPS) is 34.3. The molecule has 0 aromatic carbocycles. The molecule has 5 nitrogen and oxygen atoms in total. The minimum Gasteiger partial charge on any atom is -0.379 e. The Bertz CT molecular complexity index is 338. The Morgan fingerprint density at radius 3 is 2.70 bits per heavy atom. The van der Waals surface area contributed by atoms with Crippen molar-refractivity contribution in [2.24, 2.45) is 5.92 Å². The number of likely N-dealkylation sites (tertiary alicyclic amines) is 1. The molecule has 2 N–H and O–H groups in total. The van der Waals surface area contributed by atoms with Crippen LogP contribution in [0.3, 0.4) is 0 Å². The molecule has 23 heavy (non-hydrogen) atoms. The molecular weight excluding hydrogens is 288 g/mol. The molecule has 134 valence electrons. The first-order valence-electron chi connectivity index (χ1n) is 9.67. The lowest BCUT2D eigenvalue weighted by molar-refractivity contribution is 0.0522. The van der Waals surface area contributed by atoms with Crippen LogP contribution in [0.2, 0.25) is 0 Å². The van der Waals surface area contributed by atoms with E-state index in [1.807, 2.05) is 0 Å². The van der Waals surface area contributed by atoms with Crippen LogP contribution in [-0.4, -0.2) is 88.0 Å². The maximum Gasteiger partial charge on any atom is 0.0623 e. The van der Waals surface area contributed by atoms with Crippen LogP contribution in [0, 0.1) is 5.92 Å². The first kappa shape index (κ1) is 17.6. The van der Waals surface area contributed by atoms with Crippen LogP contribution in [0.25, 0.3) is 0 Å². The quantitative estimate of drug-likeness (QED) is 0.755. The van der Waals surface area contributed by atoms with E-state index in [1.165, 1.54) is 51.7 Å². The zero-order valence-electron chi connectivity index (χ0n) is 15.1. The summed E-state index contributed by atoms with van der Waals surface area (Å²) in [7, 11) is 4.43. The van der Waals surface area contributed by atoms with Crippen LogP contribution >= 0.6 is 0 Å². The minimum absolute atomic E-state index is 0.569. The second kappa shape index (κ2) is 8.77. The molecule has 5 heteroatoms. The Hall–Kier alpha value is -0.200. The maximum atomic E-state index is 5.67. The summed E-state index contributed by atoms with van der Waals surface area (Å²) in [6, 6.07) is 2.05. The largest absolute Gasteiger partial charge is 0.379 e. The van der Waals surface area contributed by atoms with Gasteiger partial charge in [0.05, 0.1) is 13.2 Å². The fourth-order valence-corrected chi connectivity index (χ4v) is 4.65. The number of hydrogen-bond donors (Lipinski definition) is 2. The molecule has 0 radical (unpaired) electrons. The van der Waals surface area contributed by atoms with Gasteiger partial charge in [-0.1, -0.05) is 6.42 Å². The van der Waals surface area contributed by atoms with Gasteiger partial charge in [0.15, 0.2) is 0 Å². The lowest BCUT2D eigenvalue weighted by Gasteiger charge is -2.36. The molecule has 3 aliphatic rings. The molecule has 3 rings (SSSR count). The lowest BCUT2D eigenvalue weighted by Crippen LogP contribution is -2.52. The van der Waals surface area contributed by atoms with E-state index in [0.717, 1.165) is 38.3 Å². The molecule has 0 aromatic heterocycles. The Kier molecular flexibility index (Phi) is 6.72. The topological polar surface area (TPSA) is 39.8 Å². The molecule has 1 aliphatic carbocycles. The molecule has 3 fully saturated rings. The van der Waals surface area contributed by atoms with E-state index >= 15 is 0 Å². The summed E-state index contributed by atoms with van der Waals surface area (Å²) >= 11 is 0. The van der Waals surface area contributed by atoms with Gasteiger partial charge in [-0.15, -0.1) is 0 Å². The highest BCUT2D eigenvalue weighted by Gasteiger charge is 2.34. The average molecular weight is 325 g/mol. The van der Waals surface area contributed by atoms with Crippen LogP contribution in [0.1, 0.15) is 32.1 Å².